The van der Waals surface area contributed by atoms with Gasteiger partial charge in [-0.15, -0.1) is 0 Å². The first-order chi connectivity index (χ1) is 13.5. The Morgan fingerprint density at radius 3 is 2.14 bits per heavy atom. The van der Waals surface area contributed by atoms with Gasteiger partial charge in [-0.05, 0) is 30.3 Å². The van der Waals surface area contributed by atoms with Crippen molar-refractivity contribution in [3.05, 3.63) is 48.0 Å². The molecular weight excluding hydrogens is 360 g/mol. The molecule has 0 radical (unpaired) electrons. The van der Waals surface area contributed by atoms with Gasteiger partial charge in [-0.25, -0.2) is 0 Å². The first-order valence-corrected chi connectivity index (χ1v) is 9.04. The molecule has 1 atom stereocenters. The summed E-state index contributed by atoms with van der Waals surface area (Å²) in [5.41, 5.74) is 1.04. The summed E-state index contributed by atoms with van der Waals surface area (Å²) in [6.45, 7) is 0.383. The quantitative estimate of drug-likeness (QED) is 0.637. The topological polar surface area (TPSA) is 70.5 Å². The molecule has 2 aromatic rings. The van der Waals surface area contributed by atoms with Crippen LogP contribution in [0.15, 0.2) is 42.5 Å². The number of ether oxygens (including phenoxy) is 4. The molecule has 0 bridgehead atoms. The molecule has 2 N–H and O–H groups in total. The standard InChI is InChI=1S/C21H28N2O5/c1-23(2)16(15-10-11-18(26-4)20(12-15)27-5)13-22-21(24)14-28-19-9-7-6-8-17(19)25-3/h6-12,16H,13-14H2,1-5H3,(H,22,24)/p+1/t16-/m1/s1. The number of amides is 1. The molecule has 2 aromatic carbocycles. The molecule has 7 heteroatoms. The van der Waals surface area contributed by atoms with Crippen molar-refractivity contribution >= 4 is 5.91 Å². The summed E-state index contributed by atoms with van der Waals surface area (Å²) < 4.78 is 21.5. The van der Waals surface area contributed by atoms with Gasteiger partial charge in [-0.1, -0.05) is 12.1 Å². The molecule has 0 aliphatic heterocycles. The van der Waals surface area contributed by atoms with Crippen LogP contribution in [0.4, 0.5) is 0 Å². The highest BCUT2D eigenvalue weighted by molar-refractivity contribution is 5.77. The van der Waals surface area contributed by atoms with E-state index in [0.717, 1.165) is 5.56 Å². The van der Waals surface area contributed by atoms with Gasteiger partial charge in [0.2, 0.25) is 0 Å². The Kier molecular flexibility index (Phi) is 7.95. The predicted molar refractivity (Wildman–Crippen MR) is 107 cm³/mol. The first-order valence-electron chi connectivity index (χ1n) is 9.04. The Bertz CT molecular complexity index is 779. The molecule has 0 unspecified atom stereocenters. The first kappa shape index (κ1) is 21.4. The summed E-state index contributed by atoms with van der Waals surface area (Å²) in [6.07, 6.45) is 0. The average Bonchev–Trinajstić information content (AvgIpc) is 2.72. The van der Waals surface area contributed by atoms with Crippen LogP contribution in [0.25, 0.3) is 0 Å². The van der Waals surface area contributed by atoms with Crippen molar-refractivity contribution in [3.8, 4) is 23.0 Å². The summed E-state index contributed by atoms with van der Waals surface area (Å²) in [4.78, 5) is 13.4. The fraction of sp³-hybridized carbons (Fsp3) is 0.381. The molecule has 2 rings (SSSR count). The zero-order valence-corrected chi connectivity index (χ0v) is 17.1. The maximum atomic E-state index is 12.3. The van der Waals surface area contributed by atoms with Gasteiger partial charge >= 0.3 is 0 Å². The van der Waals surface area contributed by atoms with Gasteiger partial charge in [-0.3, -0.25) is 4.79 Å². The number of carbonyl (C=O) groups excluding carboxylic acids is 1. The molecule has 0 saturated carbocycles. The Balaban J connectivity index is 1.98. The van der Waals surface area contributed by atoms with Crippen LogP contribution in [-0.4, -0.2) is 54.5 Å². The maximum Gasteiger partial charge on any atom is 0.258 e. The molecule has 152 valence electrons. The van der Waals surface area contributed by atoms with E-state index in [1.807, 2.05) is 44.4 Å². The van der Waals surface area contributed by atoms with Crippen molar-refractivity contribution in [1.29, 1.82) is 0 Å². The molecule has 0 aliphatic rings. The third-order valence-electron chi connectivity index (χ3n) is 4.44. The number of carbonyl (C=O) groups is 1. The lowest BCUT2D eigenvalue weighted by molar-refractivity contribution is -0.890. The van der Waals surface area contributed by atoms with E-state index in [0.29, 0.717) is 29.5 Å². The minimum atomic E-state index is -0.197. The normalized spacial score (nSPS) is 11.6. The van der Waals surface area contributed by atoms with E-state index in [1.165, 1.54) is 4.90 Å². The molecule has 0 saturated heterocycles. The number of likely N-dealkylation sites (N-methyl/N-ethyl adjacent to an activating group) is 1. The Hall–Kier alpha value is -2.93. The zero-order chi connectivity index (χ0) is 20.5. The van der Waals surface area contributed by atoms with Crippen LogP contribution >= 0.6 is 0 Å². The van der Waals surface area contributed by atoms with Crippen molar-refractivity contribution in [2.75, 3.05) is 48.6 Å². The summed E-state index contributed by atoms with van der Waals surface area (Å²) in [5, 5.41) is 2.94. The maximum absolute atomic E-state index is 12.3. The summed E-state index contributed by atoms with van der Waals surface area (Å²) in [5.74, 6) is 2.27. The van der Waals surface area contributed by atoms with Gasteiger partial charge in [0.15, 0.2) is 29.6 Å². The number of para-hydroxylation sites is 2. The molecule has 0 spiro atoms. The van der Waals surface area contributed by atoms with E-state index >= 15 is 0 Å². The Labute approximate surface area is 166 Å². The van der Waals surface area contributed by atoms with Crippen LogP contribution < -0.4 is 29.2 Å². The van der Waals surface area contributed by atoms with Crippen molar-refractivity contribution in [2.45, 2.75) is 6.04 Å². The van der Waals surface area contributed by atoms with Crippen molar-refractivity contribution < 1.29 is 28.6 Å². The molecular formula is C21H29N2O5+. The highest BCUT2D eigenvalue weighted by Crippen LogP contribution is 2.29. The van der Waals surface area contributed by atoms with E-state index < -0.39 is 0 Å². The molecule has 28 heavy (non-hydrogen) atoms. The number of methoxy groups -OCH3 is 3. The van der Waals surface area contributed by atoms with Gasteiger partial charge in [0.1, 0.15) is 6.04 Å². The highest BCUT2D eigenvalue weighted by Gasteiger charge is 2.21. The fourth-order valence-electron chi connectivity index (χ4n) is 2.87. The van der Waals surface area contributed by atoms with Crippen LogP contribution in [0.2, 0.25) is 0 Å². The molecule has 1 amide bonds. The SMILES string of the molecule is COc1ccc([C@@H](CNC(=O)COc2ccccc2OC)[NH+](C)C)cc1OC. The number of quaternary nitrogens is 1. The highest BCUT2D eigenvalue weighted by atomic mass is 16.5. The van der Waals surface area contributed by atoms with Crippen LogP contribution in [0, 0.1) is 0 Å². The largest absolute Gasteiger partial charge is 0.493 e. The number of hydrogen-bond acceptors (Lipinski definition) is 5. The second-order valence-electron chi connectivity index (χ2n) is 6.49. The van der Waals surface area contributed by atoms with Crippen molar-refractivity contribution in [3.63, 3.8) is 0 Å². The number of benzene rings is 2. The van der Waals surface area contributed by atoms with Crippen LogP contribution in [0.5, 0.6) is 23.0 Å². The van der Waals surface area contributed by atoms with Gasteiger partial charge in [0.05, 0.1) is 42.0 Å². The average molecular weight is 389 g/mol. The number of nitrogens with one attached hydrogen (secondary N) is 2. The fourth-order valence-corrected chi connectivity index (χ4v) is 2.87. The third kappa shape index (κ3) is 5.53. The van der Waals surface area contributed by atoms with E-state index in [9.17, 15) is 4.79 Å². The summed E-state index contributed by atoms with van der Waals surface area (Å²) in [6, 6.07) is 13.1. The second-order valence-corrected chi connectivity index (χ2v) is 6.49. The van der Waals surface area contributed by atoms with Gasteiger partial charge < -0.3 is 29.2 Å². The van der Waals surface area contributed by atoms with Gasteiger partial charge in [0, 0.05) is 5.56 Å². The smallest absolute Gasteiger partial charge is 0.258 e. The van der Waals surface area contributed by atoms with E-state index in [4.69, 9.17) is 18.9 Å². The molecule has 0 aromatic heterocycles. The van der Waals surface area contributed by atoms with E-state index in [-0.39, 0.29) is 18.6 Å². The van der Waals surface area contributed by atoms with Gasteiger partial charge in [-0.2, -0.15) is 0 Å². The zero-order valence-electron chi connectivity index (χ0n) is 17.1. The number of rotatable bonds is 10. The summed E-state index contributed by atoms with van der Waals surface area (Å²) in [7, 11) is 8.86. The molecule has 0 fully saturated rings. The Morgan fingerprint density at radius 2 is 1.54 bits per heavy atom. The van der Waals surface area contributed by atoms with Gasteiger partial charge in [0.25, 0.3) is 5.91 Å². The molecule has 7 nitrogen and oxygen atoms in total. The predicted octanol–water partition coefficient (Wildman–Crippen LogP) is 1.09. The van der Waals surface area contributed by atoms with Crippen LogP contribution in [0.3, 0.4) is 0 Å². The van der Waals surface area contributed by atoms with E-state index in [1.54, 1.807) is 33.5 Å². The monoisotopic (exact) mass is 389 g/mol. The second kappa shape index (κ2) is 10.4. The van der Waals surface area contributed by atoms with Crippen LogP contribution in [-0.2, 0) is 4.79 Å². The molecule has 0 aliphatic carbocycles. The van der Waals surface area contributed by atoms with Crippen molar-refractivity contribution in [1.82, 2.24) is 5.32 Å². The lowest BCUT2D eigenvalue weighted by Crippen LogP contribution is -3.07. The summed E-state index contributed by atoms with van der Waals surface area (Å²) >= 11 is 0. The van der Waals surface area contributed by atoms with E-state index in [2.05, 4.69) is 5.32 Å². The molecule has 0 heterocycles. The lowest BCUT2D eigenvalue weighted by atomic mass is 10.1. The minimum Gasteiger partial charge on any atom is -0.493 e. The Morgan fingerprint density at radius 1 is 0.929 bits per heavy atom. The van der Waals surface area contributed by atoms with Crippen molar-refractivity contribution in [2.24, 2.45) is 0 Å². The number of hydrogen-bond donors (Lipinski definition) is 2. The van der Waals surface area contributed by atoms with Crippen LogP contribution in [0.1, 0.15) is 11.6 Å². The third-order valence-corrected chi connectivity index (χ3v) is 4.44. The minimum absolute atomic E-state index is 0.0509. The lowest BCUT2D eigenvalue weighted by Gasteiger charge is -2.23.